The third kappa shape index (κ3) is 3.84. The fourth-order valence-electron chi connectivity index (χ4n) is 2.90. The summed E-state index contributed by atoms with van der Waals surface area (Å²) in [7, 11) is 0. The lowest BCUT2D eigenvalue weighted by Crippen LogP contribution is -2.26. The number of nitrogens with two attached hydrogens (primary N) is 1. The van der Waals surface area contributed by atoms with E-state index in [0.717, 1.165) is 30.1 Å². The SMILES string of the molecule is CCC1CCCC(Oc2nc(C(C)C)nc(NN)c2C)C1. The van der Waals surface area contributed by atoms with Crippen LogP contribution in [0.3, 0.4) is 0 Å². The van der Waals surface area contributed by atoms with E-state index in [1.54, 1.807) is 0 Å². The number of ether oxygens (including phenoxy) is 1. The quantitative estimate of drug-likeness (QED) is 0.641. The average Bonchev–Trinajstić information content (AvgIpc) is 2.49. The molecule has 1 fully saturated rings. The van der Waals surface area contributed by atoms with Crippen molar-refractivity contribution in [3.8, 4) is 5.88 Å². The Hall–Kier alpha value is -1.36. The van der Waals surface area contributed by atoms with Gasteiger partial charge in [-0.2, -0.15) is 4.98 Å². The molecule has 1 aliphatic rings. The highest BCUT2D eigenvalue weighted by Gasteiger charge is 2.24. The molecule has 0 bridgehead atoms. The molecular formula is C16H28N4O. The summed E-state index contributed by atoms with van der Waals surface area (Å²) < 4.78 is 6.20. The molecule has 118 valence electrons. The van der Waals surface area contributed by atoms with E-state index in [1.807, 2.05) is 6.92 Å². The van der Waals surface area contributed by atoms with Gasteiger partial charge in [0, 0.05) is 5.92 Å². The molecule has 0 amide bonds. The zero-order valence-electron chi connectivity index (χ0n) is 13.6. The van der Waals surface area contributed by atoms with Crippen LogP contribution >= 0.6 is 0 Å². The van der Waals surface area contributed by atoms with Gasteiger partial charge in [0.25, 0.3) is 0 Å². The summed E-state index contributed by atoms with van der Waals surface area (Å²) in [6.07, 6.45) is 6.31. The van der Waals surface area contributed by atoms with Gasteiger partial charge >= 0.3 is 0 Å². The van der Waals surface area contributed by atoms with Crippen LogP contribution in [0.4, 0.5) is 5.82 Å². The van der Waals surface area contributed by atoms with E-state index < -0.39 is 0 Å². The van der Waals surface area contributed by atoms with Crippen molar-refractivity contribution in [2.45, 2.75) is 71.8 Å². The van der Waals surface area contributed by atoms with Crippen LogP contribution in [-0.2, 0) is 0 Å². The molecule has 1 saturated carbocycles. The molecule has 0 spiro atoms. The predicted molar refractivity (Wildman–Crippen MR) is 85.3 cm³/mol. The number of aromatic nitrogens is 2. The summed E-state index contributed by atoms with van der Waals surface area (Å²) in [6, 6.07) is 0. The first-order valence-electron chi connectivity index (χ1n) is 8.06. The number of nitrogens with zero attached hydrogens (tertiary/aromatic N) is 2. The minimum Gasteiger partial charge on any atom is -0.474 e. The van der Waals surface area contributed by atoms with Crippen molar-refractivity contribution in [1.29, 1.82) is 0 Å². The van der Waals surface area contributed by atoms with Crippen LogP contribution < -0.4 is 16.0 Å². The smallest absolute Gasteiger partial charge is 0.222 e. The lowest BCUT2D eigenvalue weighted by molar-refractivity contribution is 0.116. The van der Waals surface area contributed by atoms with Crippen molar-refractivity contribution in [2.75, 3.05) is 5.43 Å². The maximum atomic E-state index is 6.20. The molecule has 0 aliphatic heterocycles. The van der Waals surface area contributed by atoms with E-state index in [2.05, 4.69) is 36.2 Å². The highest BCUT2D eigenvalue weighted by atomic mass is 16.5. The van der Waals surface area contributed by atoms with Crippen LogP contribution in [0.5, 0.6) is 5.88 Å². The van der Waals surface area contributed by atoms with Gasteiger partial charge in [-0.15, -0.1) is 0 Å². The molecule has 1 aliphatic carbocycles. The molecule has 0 saturated heterocycles. The first kappa shape index (κ1) is 16.0. The summed E-state index contributed by atoms with van der Waals surface area (Å²) in [5.41, 5.74) is 3.55. The molecular weight excluding hydrogens is 264 g/mol. The fraction of sp³-hybridized carbons (Fsp3) is 0.750. The van der Waals surface area contributed by atoms with Gasteiger partial charge in [0.2, 0.25) is 5.88 Å². The monoisotopic (exact) mass is 292 g/mol. The topological polar surface area (TPSA) is 73.1 Å². The lowest BCUT2D eigenvalue weighted by Gasteiger charge is -2.29. The Bertz CT molecular complexity index is 476. The van der Waals surface area contributed by atoms with Gasteiger partial charge < -0.3 is 10.2 Å². The van der Waals surface area contributed by atoms with Gasteiger partial charge in [-0.25, -0.2) is 10.8 Å². The van der Waals surface area contributed by atoms with Crippen molar-refractivity contribution in [2.24, 2.45) is 11.8 Å². The first-order valence-corrected chi connectivity index (χ1v) is 8.06. The predicted octanol–water partition coefficient (Wildman–Crippen LogP) is 3.54. The Kier molecular flexibility index (Phi) is 5.39. The summed E-state index contributed by atoms with van der Waals surface area (Å²) in [6.45, 7) is 8.36. The van der Waals surface area contributed by atoms with Gasteiger partial charge in [0.05, 0.1) is 5.56 Å². The van der Waals surface area contributed by atoms with Gasteiger partial charge in [0.15, 0.2) is 0 Å². The second kappa shape index (κ2) is 7.07. The Morgan fingerprint density at radius 3 is 2.71 bits per heavy atom. The van der Waals surface area contributed by atoms with Gasteiger partial charge in [0.1, 0.15) is 17.7 Å². The van der Waals surface area contributed by atoms with E-state index >= 15 is 0 Å². The van der Waals surface area contributed by atoms with E-state index in [4.69, 9.17) is 10.6 Å². The molecule has 2 unspecified atom stereocenters. The molecule has 0 aromatic carbocycles. The maximum Gasteiger partial charge on any atom is 0.222 e. The van der Waals surface area contributed by atoms with Crippen molar-refractivity contribution >= 4 is 5.82 Å². The second-order valence-corrected chi connectivity index (χ2v) is 6.34. The summed E-state index contributed by atoms with van der Waals surface area (Å²) in [5, 5.41) is 0. The number of rotatable bonds is 5. The number of hydrogen-bond acceptors (Lipinski definition) is 5. The zero-order chi connectivity index (χ0) is 15.4. The molecule has 1 heterocycles. The lowest BCUT2D eigenvalue weighted by atomic mass is 9.85. The first-order chi connectivity index (χ1) is 10.0. The zero-order valence-corrected chi connectivity index (χ0v) is 13.6. The van der Waals surface area contributed by atoms with Crippen molar-refractivity contribution in [3.63, 3.8) is 0 Å². The van der Waals surface area contributed by atoms with Gasteiger partial charge in [-0.3, -0.25) is 0 Å². The largest absolute Gasteiger partial charge is 0.474 e. The van der Waals surface area contributed by atoms with Crippen molar-refractivity contribution in [3.05, 3.63) is 11.4 Å². The average molecular weight is 292 g/mol. The molecule has 5 nitrogen and oxygen atoms in total. The Morgan fingerprint density at radius 2 is 2.10 bits per heavy atom. The van der Waals surface area contributed by atoms with Crippen LogP contribution in [0.25, 0.3) is 0 Å². The number of nitrogens with one attached hydrogen (secondary N) is 1. The minimum absolute atomic E-state index is 0.245. The fourth-order valence-corrected chi connectivity index (χ4v) is 2.90. The Labute approximate surface area is 127 Å². The Morgan fingerprint density at radius 1 is 1.33 bits per heavy atom. The molecule has 3 N–H and O–H groups in total. The van der Waals surface area contributed by atoms with E-state index in [1.165, 1.54) is 19.3 Å². The van der Waals surface area contributed by atoms with Crippen LogP contribution in [0.15, 0.2) is 0 Å². The number of nitrogen functional groups attached to an aromatic ring is 1. The molecule has 1 aromatic rings. The maximum absolute atomic E-state index is 6.20. The Balaban J connectivity index is 2.20. The summed E-state index contributed by atoms with van der Waals surface area (Å²) in [4.78, 5) is 9.04. The third-order valence-electron chi connectivity index (χ3n) is 4.36. The van der Waals surface area contributed by atoms with E-state index in [9.17, 15) is 0 Å². The van der Waals surface area contributed by atoms with E-state index in [-0.39, 0.29) is 12.0 Å². The van der Waals surface area contributed by atoms with Crippen LogP contribution in [0.1, 0.15) is 70.2 Å². The van der Waals surface area contributed by atoms with Crippen molar-refractivity contribution in [1.82, 2.24) is 9.97 Å². The van der Waals surface area contributed by atoms with Gasteiger partial charge in [-0.05, 0) is 32.1 Å². The number of anilines is 1. The molecule has 2 rings (SSSR count). The normalized spacial score (nSPS) is 22.4. The highest BCUT2D eigenvalue weighted by Crippen LogP contribution is 2.31. The van der Waals surface area contributed by atoms with Crippen LogP contribution in [0.2, 0.25) is 0 Å². The number of hydrazine groups is 1. The van der Waals surface area contributed by atoms with Crippen LogP contribution in [0, 0.1) is 12.8 Å². The highest BCUT2D eigenvalue weighted by molar-refractivity contribution is 5.47. The second-order valence-electron chi connectivity index (χ2n) is 6.34. The summed E-state index contributed by atoms with van der Waals surface area (Å²) in [5.74, 6) is 8.71. The van der Waals surface area contributed by atoms with Gasteiger partial charge in [-0.1, -0.05) is 33.6 Å². The third-order valence-corrected chi connectivity index (χ3v) is 4.36. The molecule has 1 aromatic heterocycles. The summed E-state index contributed by atoms with van der Waals surface area (Å²) >= 11 is 0. The standard InChI is InChI=1S/C16H28N4O/c1-5-12-7-6-8-13(9-12)21-16-11(4)15(20-17)18-14(19-16)10(2)3/h10,12-13H,5-9,17H2,1-4H3,(H,18,19,20). The molecule has 0 radical (unpaired) electrons. The number of hydrogen-bond donors (Lipinski definition) is 2. The van der Waals surface area contributed by atoms with E-state index in [0.29, 0.717) is 11.7 Å². The molecule has 5 heteroatoms. The van der Waals surface area contributed by atoms with Crippen molar-refractivity contribution < 1.29 is 4.74 Å². The minimum atomic E-state index is 0.245. The molecule has 21 heavy (non-hydrogen) atoms. The molecule has 2 atom stereocenters. The van der Waals surface area contributed by atoms with Crippen LogP contribution in [-0.4, -0.2) is 16.1 Å².